The van der Waals surface area contributed by atoms with Gasteiger partial charge >= 0.3 is 0 Å². The van der Waals surface area contributed by atoms with Crippen LogP contribution < -0.4 is 4.90 Å². The van der Waals surface area contributed by atoms with E-state index < -0.39 is 0 Å². The van der Waals surface area contributed by atoms with Gasteiger partial charge in [0.05, 0.1) is 24.3 Å². The molecule has 0 radical (unpaired) electrons. The molecule has 1 aliphatic carbocycles. The standard InChI is InChI=1S/C18H26N4O2/c1-12-14-9-24-11-18(15(14)20-17(19-12)21(2)3)7-8-22(10-18)16(23)13-5-4-6-13/h13H,4-11H2,1-3H3. The molecule has 0 aromatic carbocycles. The van der Waals surface area contributed by atoms with Crippen molar-refractivity contribution >= 4 is 11.9 Å². The first-order valence-electron chi connectivity index (χ1n) is 8.92. The topological polar surface area (TPSA) is 58.6 Å². The number of carbonyl (C=O) groups is 1. The second kappa shape index (κ2) is 5.69. The van der Waals surface area contributed by atoms with Crippen LogP contribution in [0, 0.1) is 12.8 Å². The van der Waals surface area contributed by atoms with Crippen LogP contribution in [0.25, 0.3) is 0 Å². The molecule has 1 aromatic heterocycles. The predicted molar refractivity (Wildman–Crippen MR) is 91.0 cm³/mol. The quantitative estimate of drug-likeness (QED) is 0.825. The second-order valence-corrected chi connectivity index (χ2v) is 7.74. The average molecular weight is 330 g/mol. The molecule has 1 saturated heterocycles. The van der Waals surface area contributed by atoms with Crippen molar-refractivity contribution in [2.45, 2.75) is 44.6 Å². The van der Waals surface area contributed by atoms with E-state index in [2.05, 4.69) is 9.88 Å². The molecule has 1 spiro atoms. The summed E-state index contributed by atoms with van der Waals surface area (Å²) in [5.41, 5.74) is 3.05. The summed E-state index contributed by atoms with van der Waals surface area (Å²) in [7, 11) is 3.93. The number of aryl methyl sites for hydroxylation is 1. The van der Waals surface area contributed by atoms with Crippen LogP contribution in [0.4, 0.5) is 5.95 Å². The van der Waals surface area contributed by atoms with Gasteiger partial charge in [0.2, 0.25) is 11.9 Å². The molecule has 6 heteroatoms. The van der Waals surface area contributed by atoms with Crippen molar-refractivity contribution in [2.75, 3.05) is 38.7 Å². The molecular weight excluding hydrogens is 304 g/mol. The Morgan fingerprint density at radius 2 is 2.12 bits per heavy atom. The first-order chi connectivity index (χ1) is 11.5. The lowest BCUT2D eigenvalue weighted by molar-refractivity contribution is -0.137. The van der Waals surface area contributed by atoms with E-state index in [-0.39, 0.29) is 11.3 Å². The molecule has 1 aromatic rings. The minimum Gasteiger partial charge on any atom is -0.376 e. The minimum absolute atomic E-state index is 0.161. The fraction of sp³-hybridized carbons (Fsp3) is 0.722. The Labute approximate surface area is 143 Å². The second-order valence-electron chi connectivity index (χ2n) is 7.74. The van der Waals surface area contributed by atoms with E-state index in [0.717, 1.165) is 55.3 Å². The van der Waals surface area contributed by atoms with Gasteiger partial charge in [-0.05, 0) is 26.2 Å². The number of nitrogens with zero attached hydrogens (tertiary/aromatic N) is 4. The fourth-order valence-electron chi connectivity index (χ4n) is 4.09. The highest BCUT2D eigenvalue weighted by atomic mass is 16.5. The van der Waals surface area contributed by atoms with Crippen LogP contribution in [0.15, 0.2) is 0 Å². The van der Waals surface area contributed by atoms with Crippen LogP contribution in [0.3, 0.4) is 0 Å². The van der Waals surface area contributed by atoms with E-state index in [0.29, 0.717) is 19.1 Å². The molecule has 130 valence electrons. The summed E-state index contributed by atoms with van der Waals surface area (Å²) >= 11 is 0. The molecule has 1 unspecified atom stereocenters. The smallest absolute Gasteiger partial charge is 0.225 e. The number of hydrogen-bond donors (Lipinski definition) is 0. The van der Waals surface area contributed by atoms with Gasteiger partial charge in [-0.25, -0.2) is 9.97 Å². The maximum Gasteiger partial charge on any atom is 0.225 e. The molecule has 24 heavy (non-hydrogen) atoms. The molecule has 1 atom stereocenters. The molecule has 2 aliphatic heterocycles. The van der Waals surface area contributed by atoms with Crippen molar-refractivity contribution in [1.82, 2.24) is 14.9 Å². The summed E-state index contributed by atoms with van der Waals surface area (Å²) in [6, 6.07) is 0. The van der Waals surface area contributed by atoms with Crippen LogP contribution in [0.5, 0.6) is 0 Å². The first kappa shape index (κ1) is 15.8. The summed E-state index contributed by atoms with van der Waals surface area (Å²) in [6.45, 7) is 4.81. The van der Waals surface area contributed by atoms with Gasteiger partial charge < -0.3 is 14.5 Å². The van der Waals surface area contributed by atoms with Gasteiger partial charge in [0.1, 0.15) is 0 Å². The van der Waals surface area contributed by atoms with Crippen LogP contribution in [0.2, 0.25) is 0 Å². The number of ether oxygens (including phenoxy) is 1. The fourth-order valence-corrected chi connectivity index (χ4v) is 4.09. The maximum absolute atomic E-state index is 12.7. The van der Waals surface area contributed by atoms with E-state index in [1.807, 2.05) is 25.9 Å². The monoisotopic (exact) mass is 330 g/mol. The van der Waals surface area contributed by atoms with Crippen molar-refractivity contribution in [3.63, 3.8) is 0 Å². The third-order valence-electron chi connectivity index (χ3n) is 5.85. The number of amides is 1. The highest BCUT2D eigenvalue weighted by Crippen LogP contribution is 2.41. The molecule has 1 saturated carbocycles. The molecule has 3 aliphatic rings. The van der Waals surface area contributed by atoms with E-state index >= 15 is 0 Å². The molecule has 2 fully saturated rings. The van der Waals surface area contributed by atoms with Gasteiger partial charge in [-0.1, -0.05) is 6.42 Å². The van der Waals surface area contributed by atoms with Crippen LogP contribution in [0.1, 0.15) is 42.6 Å². The first-order valence-corrected chi connectivity index (χ1v) is 8.92. The Bertz CT molecular complexity index is 671. The summed E-state index contributed by atoms with van der Waals surface area (Å²) in [6.07, 6.45) is 4.24. The van der Waals surface area contributed by atoms with Gasteiger partial charge in [-0.3, -0.25) is 4.79 Å². The number of rotatable bonds is 2. The van der Waals surface area contributed by atoms with Crippen LogP contribution >= 0.6 is 0 Å². The number of hydrogen-bond acceptors (Lipinski definition) is 5. The summed E-state index contributed by atoms with van der Waals surface area (Å²) in [4.78, 5) is 26.1. The van der Waals surface area contributed by atoms with Crippen LogP contribution in [-0.4, -0.2) is 54.6 Å². The zero-order valence-corrected chi connectivity index (χ0v) is 14.8. The number of fused-ring (bicyclic) bond motifs is 2. The molecular formula is C18H26N4O2. The Balaban J connectivity index is 1.67. The van der Waals surface area contributed by atoms with E-state index in [9.17, 15) is 4.79 Å². The van der Waals surface area contributed by atoms with Crippen molar-refractivity contribution in [2.24, 2.45) is 5.92 Å². The van der Waals surface area contributed by atoms with Crippen LogP contribution in [-0.2, 0) is 21.6 Å². The summed E-state index contributed by atoms with van der Waals surface area (Å²) < 4.78 is 5.91. The van der Waals surface area contributed by atoms with E-state index in [1.54, 1.807) is 0 Å². The van der Waals surface area contributed by atoms with Gasteiger partial charge in [0.15, 0.2) is 0 Å². The highest BCUT2D eigenvalue weighted by molar-refractivity contribution is 5.80. The molecule has 0 N–H and O–H groups in total. The normalized spacial score (nSPS) is 26.4. The third-order valence-corrected chi connectivity index (χ3v) is 5.85. The summed E-state index contributed by atoms with van der Waals surface area (Å²) in [5.74, 6) is 1.34. The van der Waals surface area contributed by atoms with Crippen molar-refractivity contribution < 1.29 is 9.53 Å². The molecule has 3 heterocycles. The molecule has 1 amide bonds. The zero-order valence-electron chi connectivity index (χ0n) is 14.8. The maximum atomic E-state index is 12.7. The lowest BCUT2D eigenvalue weighted by atomic mass is 9.80. The Morgan fingerprint density at radius 3 is 2.79 bits per heavy atom. The molecule has 6 nitrogen and oxygen atoms in total. The van der Waals surface area contributed by atoms with Crippen molar-refractivity contribution in [3.05, 3.63) is 17.0 Å². The van der Waals surface area contributed by atoms with Gasteiger partial charge in [-0.15, -0.1) is 0 Å². The summed E-state index contributed by atoms with van der Waals surface area (Å²) in [5, 5.41) is 0. The number of carbonyl (C=O) groups excluding carboxylic acids is 1. The SMILES string of the molecule is Cc1nc(N(C)C)nc2c1COCC21CCN(C(=O)C2CCC2)C1. The minimum atomic E-state index is -0.161. The van der Waals surface area contributed by atoms with Crippen molar-refractivity contribution in [3.8, 4) is 0 Å². The highest BCUT2D eigenvalue weighted by Gasteiger charge is 2.47. The number of likely N-dealkylation sites (tertiary alicyclic amines) is 1. The Hall–Kier alpha value is -1.69. The number of aromatic nitrogens is 2. The van der Waals surface area contributed by atoms with E-state index in [4.69, 9.17) is 9.72 Å². The lowest BCUT2D eigenvalue weighted by Crippen LogP contribution is -2.44. The molecule has 0 bridgehead atoms. The predicted octanol–water partition coefficient (Wildman–Crippen LogP) is 1.65. The molecule has 4 rings (SSSR count). The third kappa shape index (κ3) is 2.39. The number of anilines is 1. The Kier molecular flexibility index (Phi) is 3.75. The zero-order chi connectivity index (χ0) is 16.9. The van der Waals surface area contributed by atoms with Gasteiger partial charge in [0.25, 0.3) is 0 Å². The average Bonchev–Trinajstić information content (AvgIpc) is 2.91. The lowest BCUT2D eigenvalue weighted by Gasteiger charge is -2.36. The Morgan fingerprint density at radius 1 is 1.33 bits per heavy atom. The van der Waals surface area contributed by atoms with Gasteiger partial charge in [-0.2, -0.15) is 0 Å². The van der Waals surface area contributed by atoms with Crippen molar-refractivity contribution in [1.29, 1.82) is 0 Å². The largest absolute Gasteiger partial charge is 0.376 e. The van der Waals surface area contributed by atoms with Gasteiger partial charge in [0, 0.05) is 44.4 Å². The van der Waals surface area contributed by atoms with E-state index in [1.165, 1.54) is 6.42 Å².